The summed E-state index contributed by atoms with van der Waals surface area (Å²) in [5, 5.41) is 44.3. The molecule has 0 aromatic heterocycles. The smallest absolute Gasteiger partial charge is 0.249 e. The maximum Gasteiger partial charge on any atom is 0.249 e. The third kappa shape index (κ3) is 59.7. The van der Waals surface area contributed by atoms with Crippen LogP contribution in [0.4, 0.5) is 0 Å². The fourth-order valence-electron chi connectivity index (χ4n) is 12.0. The molecule has 0 fully saturated rings. The summed E-state index contributed by atoms with van der Waals surface area (Å²) in [5.74, 6) is -0.572. The van der Waals surface area contributed by atoms with Gasteiger partial charge in [-0.05, 0) is 12.8 Å². The Balaban J connectivity index is 3.50. The lowest BCUT2D eigenvalue weighted by Crippen LogP contribution is -2.53. The molecule has 4 atom stereocenters. The molecule has 0 saturated carbocycles. The minimum absolute atomic E-state index is 0.377. The highest BCUT2D eigenvalue weighted by Crippen LogP contribution is 2.20. The van der Waals surface area contributed by atoms with Crippen LogP contribution in [-0.4, -0.2) is 57.3 Å². The van der Waals surface area contributed by atoms with E-state index in [2.05, 4.69) is 19.2 Å². The molecule has 462 valence electrons. The van der Waals surface area contributed by atoms with Crippen molar-refractivity contribution in [3.8, 4) is 0 Å². The monoisotopic (exact) mass is 1090 g/mol. The number of aliphatic hydroxyl groups excluding tert-OH is 4. The zero-order valence-electron chi connectivity index (χ0n) is 52.8. The van der Waals surface area contributed by atoms with Crippen LogP contribution in [0.25, 0.3) is 0 Å². The quantitative estimate of drug-likeness (QED) is 0.0390. The number of carbonyl (C=O) groups excluding carboxylic acids is 1. The summed E-state index contributed by atoms with van der Waals surface area (Å²) in [6.07, 6.45) is 81.0. The molecule has 0 aliphatic carbocycles. The lowest BCUT2D eigenvalue weighted by Gasteiger charge is -2.27. The predicted molar refractivity (Wildman–Crippen MR) is 339 cm³/mol. The first-order valence-corrected chi connectivity index (χ1v) is 35.9. The van der Waals surface area contributed by atoms with Crippen molar-refractivity contribution in [1.82, 2.24) is 5.32 Å². The van der Waals surface area contributed by atoms with Crippen LogP contribution in [0.1, 0.15) is 418 Å². The zero-order chi connectivity index (χ0) is 55.8. The van der Waals surface area contributed by atoms with Crippen molar-refractivity contribution >= 4 is 5.91 Å². The van der Waals surface area contributed by atoms with Gasteiger partial charge in [-0.25, -0.2) is 0 Å². The number of aliphatic hydroxyl groups is 4. The summed E-state index contributed by atoms with van der Waals surface area (Å²) in [4.78, 5) is 12.7. The van der Waals surface area contributed by atoms with E-state index in [-0.39, 0.29) is 0 Å². The van der Waals surface area contributed by atoms with Crippen molar-refractivity contribution in [3.05, 3.63) is 0 Å². The van der Waals surface area contributed by atoms with Crippen LogP contribution in [0, 0.1) is 0 Å². The zero-order valence-corrected chi connectivity index (χ0v) is 52.8. The van der Waals surface area contributed by atoms with Gasteiger partial charge in [0.25, 0.3) is 0 Å². The second-order valence-electron chi connectivity index (χ2n) is 25.3. The maximum atomic E-state index is 12.7. The highest BCUT2D eigenvalue weighted by atomic mass is 16.3. The van der Waals surface area contributed by atoms with Crippen LogP contribution in [-0.2, 0) is 4.79 Å². The number of carbonyl (C=O) groups is 1. The molecule has 0 aliphatic heterocycles. The third-order valence-corrected chi connectivity index (χ3v) is 17.6. The average Bonchev–Trinajstić information content (AvgIpc) is 3.43. The SMILES string of the molecule is CCCCCCCCCCCCCCCCCCCCCCCCCCCCCCCCCC(O)C(O)C(CO)NC(=O)C(O)CCCCCCCCCCCCCCCCCCCCCCCCCCCCCCCC. The fraction of sp³-hybridized carbons (Fsp3) is 0.986. The minimum Gasteiger partial charge on any atom is -0.394 e. The van der Waals surface area contributed by atoms with Crippen molar-refractivity contribution in [2.75, 3.05) is 6.61 Å². The van der Waals surface area contributed by atoms with Gasteiger partial charge in [0.1, 0.15) is 12.2 Å². The molecule has 0 aliphatic rings. The highest BCUT2D eigenvalue weighted by molar-refractivity contribution is 5.80. The molecule has 6 nitrogen and oxygen atoms in total. The van der Waals surface area contributed by atoms with E-state index < -0.39 is 36.9 Å². The number of hydrogen-bond acceptors (Lipinski definition) is 5. The molecule has 5 N–H and O–H groups in total. The molecule has 4 unspecified atom stereocenters. The van der Waals surface area contributed by atoms with Crippen LogP contribution in [0.15, 0.2) is 0 Å². The topological polar surface area (TPSA) is 110 Å². The van der Waals surface area contributed by atoms with Gasteiger partial charge in [-0.1, -0.05) is 406 Å². The first-order chi connectivity index (χ1) is 38.0. The molecule has 0 aromatic rings. The van der Waals surface area contributed by atoms with Gasteiger partial charge in [0.2, 0.25) is 5.91 Å². The van der Waals surface area contributed by atoms with Gasteiger partial charge in [-0.15, -0.1) is 0 Å². The molecule has 6 heteroatoms. The number of amides is 1. The normalized spacial score (nSPS) is 13.4. The van der Waals surface area contributed by atoms with Crippen LogP contribution >= 0.6 is 0 Å². The van der Waals surface area contributed by atoms with Gasteiger partial charge in [-0.2, -0.15) is 0 Å². The summed E-state index contributed by atoms with van der Waals surface area (Å²) in [6, 6.07) is -0.982. The number of nitrogens with one attached hydrogen (secondary N) is 1. The van der Waals surface area contributed by atoms with E-state index in [1.165, 1.54) is 353 Å². The van der Waals surface area contributed by atoms with Crippen molar-refractivity contribution in [2.45, 2.75) is 443 Å². The number of unbranched alkanes of at least 4 members (excludes halogenated alkanes) is 59. The summed E-state index contributed by atoms with van der Waals surface area (Å²) in [6.45, 7) is 4.12. The third-order valence-electron chi connectivity index (χ3n) is 17.6. The van der Waals surface area contributed by atoms with Gasteiger partial charge in [0.15, 0.2) is 0 Å². The minimum atomic E-state index is -1.26. The van der Waals surface area contributed by atoms with Gasteiger partial charge >= 0.3 is 0 Å². The lowest BCUT2D eigenvalue weighted by atomic mass is 9.99. The first kappa shape index (κ1) is 76.3. The second-order valence-corrected chi connectivity index (χ2v) is 25.3. The molecule has 0 aromatic carbocycles. The van der Waals surface area contributed by atoms with E-state index in [9.17, 15) is 25.2 Å². The van der Waals surface area contributed by atoms with Crippen molar-refractivity contribution in [3.63, 3.8) is 0 Å². The molecule has 0 spiro atoms. The van der Waals surface area contributed by atoms with E-state index in [0.717, 1.165) is 38.5 Å². The van der Waals surface area contributed by atoms with Crippen LogP contribution in [0.2, 0.25) is 0 Å². The van der Waals surface area contributed by atoms with E-state index in [0.29, 0.717) is 12.8 Å². The van der Waals surface area contributed by atoms with E-state index in [1.54, 1.807) is 0 Å². The van der Waals surface area contributed by atoms with Gasteiger partial charge in [-0.3, -0.25) is 4.79 Å². The number of hydrogen-bond donors (Lipinski definition) is 5. The predicted octanol–water partition coefficient (Wildman–Crippen LogP) is 22.2. The summed E-state index contributed by atoms with van der Waals surface area (Å²) in [7, 11) is 0. The van der Waals surface area contributed by atoms with Crippen LogP contribution in [0.3, 0.4) is 0 Å². The number of rotatable bonds is 68. The van der Waals surface area contributed by atoms with Crippen LogP contribution < -0.4 is 5.32 Å². The molecular weight excluding hydrogens is 947 g/mol. The first-order valence-electron chi connectivity index (χ1n) is 35.9. The lowest BCUT2D eigenvalue weighted by molar-refractivity contribution is -0.132. The molecule has 0 radical (unpaired) electrons. The van der Waals surface area contributed by atoms with Gasteiger partial charge in [0, 0.05) is 0 Å². The molecule has 0 saturated heterocycles. The van der Waals surface area contributed by atoms with Crippen molar-refractivity contribution in [1.29, 1.82) is 0 Å². The summed E-state index contributed by atoms with van der Waals surface area (Å²) >= 11 is 0. The standard InChI is InChI=1S/C71H143NO5/c1-3-5-7-9-11-13-15-17-19-21-23-25-27-29-31-33-35-37-38-40-42-44-46-48-50-52-54-56-58-60-62-64-68(74)70(76)67(66-73)72-71(77)69(75)65-63-61-59-57-55-53-51-49-47-45-43-41-39-36-34-32-30-28-26-24-22-20-18-16-14-12-10-8-6-4-2/h67-70,73-76H,3-66H2,1-2H3,(H,72,77). The maximum absolute atomic E-state index is 12.7. The molecule has 1 amide bonds. The van der Waals surface area contributed by atoms with E-state index in [4.69, 9.17) is 0 Å². The Bertz CT molecular complexity index is 1090. The molecule has 0 rings (SSSR count). The Morgan fingerprint density at radius 1 is 0.273 bits per heavy atom. The Hall–Kier alpha value is -0.690. The Morgan fingerprint density at radius 2 is 0.442 bits per heavy atom. The Morgan fingerprint density at radius 3 is 0.623 bits per heavy atom. The summed E-state index contributed by atoms with van der Waals surface area (Å²) < 4.78 is 0. The Kier molecular flexibility index (Phi) is 65.5. The molecule has 0 bridgehead atoms. The van der Waals surface area contributed by atoms with E-state index in [1.807, 2.05) is 0 Å². The highest BCUT2D eigenvalue weighted by Gasteiger charge is 2.28. The molecule has 0 heterocycles. The van der Waals surface area contributed by atoms with Crippen LogP contribution in [0.5, 0.6) is 0 Å². The van der Waals surface area contributed by atoms with Crippen molar-refractivity contribution in [2.24, 2.45) is 0 Å². The average molecular weight is 1090 g/mol. The van der Waals surface area contributed by atoms with E-state index >= 15 is 0 Å². The second kappa shape index (κ2) is 66.1. The van der Waals surface area contributed by atoms with Crippen molar-refractivity contribution < 1.29 is 25.2 Å². The van der Waals surface area contributed by atoms with Gasteiger partial charge < -0.3 is 25.7 Å². The van der Waals surface area contributed by atoms with Gasteiger partial charge in [0.05, 0.1) is 18.8 Å². The summed E-state index contributed by atoms with van der Waals surface area (Å²) in [5.41, 5.74) is 0. The molecular formula is C71H143NO5. The largest absolute Gasteiger partial charge is 0.394 e. The Labute approximate surface area is 483 Å². The molecule has 77 heavy (non-hydrogen) atoms. The fourth-order valence-corrected chi connectivity index (χ4v) is 12.0.